The van der Waals surface area contributed by atoms with Crippen molar-refractivity contribution in [3.63, 3.8) is 0 Å². The fraction of sp³-hybridized carbons (Fsp3) is 0.636. The Morgan fingerprint density at radius 2 is 1.93 bits per heavy atom. The lowest BCUT2D eigenvalue weighted by Crippen LogP contribution is -2.13. The molecule has 14 heavy (non-hydrogen) atoms. The number of allylic oxidation sites excluding steroid dienone is 1. The number of ether oxygens (including phenoxy) is 1. The van der Waals surface area contributed by atoms with Crippen LogP contribution in [0.3, 0.4) is 0 Å². The molecule has 1 rings (SSSR count). The number of rotatable bonds is 4. The second-order valence-electron chi connectivity index (χ2n) is 3.63. The number of hydrogen-bond acceptors (Lipinski definition) is 3. The monoisotopic (exact) mass is 198 g/mol. The smallest absolute Gasteiger partial charge is 0.211 e. The van der Waals surface area contributed by atoms with Gasteiger partial charge < -0.3 is 14.9 Å². The maximum absolute atomic E-state index is 8.99. The molecule has 0 aliphatic heterocycles. The Morgan fingerprint density at radius 1 is 1.29 bits per heavy atom. The first-order valence-electron chi connectivity index (χ1n) is 5.09. The summed E-state index contributed by atoms with van der Waals surface area (Å²) in [5.74, 6) is 0.618. The van der Waals surface area contributed by atoms with E-state index in [1.54, 1.807) is 0 Å². The average Bonchev–Trinajstić information content (AvgIpc) is 2.18. The van der Waals surface area contributed by atoms with E-state index < -0.39 is 6.29 Å². The van der Waals surface area contributed by atoms with Gasteiger partial charge in [-0.15, -0.1) is 0 Å². The van der Waals surface area contributed by atoms with E-state index in [0.29, 0.717) is 5.92 Å². The van der Waals surface area contributed by atoms with E-state index in [1.807, 2.05) is 6.08 Å². The van der Waals surface area contributed by atoms with E-state index in [9.17, 15) is 0 Å². The molecule has 1 aliphatic carbocycles. The summed E-state index contributed by atoms with van der Waals surface area (Å²) in [6.45, 7) is 3.39. The van der Waals surface area contributed by atoms with E-state index in [2.05, 4.69) is 6.58 Å². The lowest BCUT2D eigenvalue weighted by molar-refractivity contribution is -0.0400. The van der Waals surface area contributed by atoms with Crippen molar-refractivity contribution in [1.29, 1.82) is 0 Å². The van der Waals surface area contributed by atoms with Crippen molar-refractivity contribution >= 4 is 0 Å². The van der Waals surface area contributed by atoms with Crippen molar-refractivity contribution < 1.29 is 14.9 Å². The van der Waals surface area contributed by atoms with Crippen molar-refractivity contribution in [2.75, 3.05) is 0 Å². The third kappa shape index (κ3) is 3.52. The van der Waals surface area contributed by atoms with Gasteiger partial charge in [0.15, 0.2) is 5.76 Å². The topological polar surface area (TPSA) is 49.7 Å². The third-order valence-electron chi connectivity index (χ3n) is 2.52. The molecule has 0 bridgehead atoms. The van der Waals surface area contributed by atoms with Crippen LogP contribution in [0.15, 0.2) is 24.7 Å². The van der Waals surface area contributed by atoms with E-state index in [-0.39, 0.29) is 5.76 Å². The molecular weight excluding hydrogens is 180 g/mol. The highest BCUT2D eigenvalue weighted by molar-refractivity contribution is 5.01. The minimum absolute atomic E-state index is 0.201. The molecule has 0 spiro atoms. The second-order valence-corrected chi connectivity index (χ2v) is 3.63. The summed E-state index contributed by atoms with van der Waals surface area (Å²) in [4.78, 5) is 0. The summed E-state index contributed by atoms with van der Waals surface area (Å²) in [5.41, 5.74) is 0. The van der Waals surface area contributed by atoms with Gasteiger partial charge in [-0.1, -0.05) is 25.8 Å². The van der Waals surface area contributed by atoms with Crippen LogP contribution in [-0.2, 0) is 4.74 Å². The fourth-order valence-corrected chi connectivity index (χ4v) is 1.82. The number of aliphatic hydroxyl groups excluding tert-OH is 1. The number of hydrogen-bond donors (Lipinski definition) is 2. The van der Waals surface area contributed by atoms with Crippen LogP contribution in [-0.4, -0.2) is 16.5 Å². The quantitative estimate of drug-likeness (QED) is 0.536. The first-order chi connectivity index (χ1) is 6.74. The van der Waals surface area contributed by atoms with Gasteiger partial charge in [0, 0.05) is 0 Å². The molecule has 1 saturated carbocycles. The molecule has 0 saturated heterocycles. The largest absolute Gasteiger partial charge is 0.465 e. The van der Waals surface area contributed by atoms with Crippen molar-refractivity contribution in [3.05, 3.63) is 24.7 Å². The van der Waals surface area contributed by atoms with Crippen LogP contribution >= 0.6 is 0 Å². The van der Waals surface area contributed by atoms with Crippen LogP contribution in [0.25, 0.3) is 0 Å². The van der Waals surface area contributed by atoms with Crippen LogP contribution in [0.5, 0.6) is 0 Å². The van der Waals surface area contributed by atoms with Crippen molar-refractivity contribution in [2.24, 2.45) is 5.92 Å². The van der Waals surface area contributed by atoms with Crippen molar-refractivity contribution in [1.82, 2.24) is 0 Å². The van der Waals surface area contributed by atoms with Gasteiger partial charge in [0.25, 0.3) is 0 Å². The highest BCUT2D eigenvalue weighted by atomic mass is 16.5. The molecular formula is C11H18O3. The van der Waals surface area contributed by atoms with Gasteiger partial charge in [-0.05, 0) is 24.8 Å². The lowest BCUT2D eigenvalue weighted by Gasteiger charge is -2.19. The molecule has 0 aromatic carbocycles. The summed E-state index contributed by atoms with van der Waals surface area (Å²) in [6.07, 6.45) is 7.42. The van der Waals surface area contributed by atoms with E-state index in [1.165, 1.54) is 25.5 Å². The van der Waals surface area contributed by atoms with E-state index in [0.717, 1.165) is 12.8 Å². The predicted octanol–water partition coefficient (Wildman–Crippen LogP) is 1.92. The Hall–Kier alpha value is -0.800. The number of aliphatic hydroxyl groups is 2. The maximum Gasteiger partial charge on any atom is 0.211 e. The average molecular weight is 198 g/mol. The van der Waals surface area contributed by atoms with Crippen LogP contribution < -0.4 is 0 Å². The molecule has 0 aromatic heterocycles. The van der Waals surface area contributed by atoms with Gasteiger partial charge in [0.1, 0.15) is 0 Å². The zero-order valence-electron chi connectivity index (χ0n) is 8.35. The molecule has 0 heterocycles. The highest BCUT2D eigenvalue weighted by Crippen LogP contribution is 2.26. The van der Waals surface area contributed by atoms with Crippen molar-refractivity contribution in [3.8, 4) is 0 Å². The summed E-state index contributed by atoms with van der Waals surface area (Å²) in [7, 11) is 0. The summed E-state index contributed by atoms with van der Waals surface area (Å²) in [5, 5.41) is 18.0. The summed E-state index contributed by atoms with van der Waals surface area (Å²) >= 11 is 0. The molecule has 2 N–H and O–H groups in total. The SMILES string of the molecule is C=CO/C(=C\C1CCCCC1)C(O)O. The molecule has 3 heteroatoms. The molecule has 0 aromatic rings. The second kappa shape index (κ2) is 5.83. The Bertz CT molecular complexity index is 203. The molecule has 0 radical (unpaired) electrons. The Morgan fingerprint density at radius 3 is 2.43 bits per heavy atom. The minimum Gasteiger partial charge on any atom is -0.465 e. The van der Waals surface area contributed by atoms with Gasteiger partial charge in [-0.3, -0.25) is 0 Å². The van der Waals surface area contributed by atoms with Crippen LogP contribution in [0.4, 0.5) is 0 Å². The first kappa shape index (κ1) is 11.3. The summed E-state index contributed by atoms with van der Waals surface area (Å²) < 4.78 is 4.93. The van der Waals surface area contributed by atoms with Crippen molar-refractivity contribution in [2.45, 2.75) is 38.4 Å². The van der Waals surface area contributed by atoms with E-state index in [4.69, 9.17) is 14.9 Å². The minimum atomic E-state index is -1.53. The van der Waals surface area contributed by atoms with E-state index >= 15 is 0 Å². The van der Waals surface area contributed by atoms with Crippen LogP contribution in [0.2, 0.25) is 0 Å². The molecule has 1 aliphatic rings. The molecule has 0 amide bonds. The molecule has 80 valence electrons. The third-order valence-corrected chi connectivity index (χ3v) is 2.52. The molecule has 1 fully saturated rings. The summed E-state index contributed by atoms with van der Waals surface area (Å²) in [6, 6.07) is 0. The Labute approximate surface area is 84.7 Å². The highest BCUT2D eigenvalue weighted by Gasteiger charge is 2.15. The Kier molecular flexibility index (Phi) is 4.70. The zero-order valence-corrected chi connectivity index (χ0v) is 8.35. The first-order valence-corrected chi connectivity index (χ1v) is 5.09. The maximum atomic E-state index is 8.99. The van der Waals surface area contributed by atoms with Gasteiger partial charge >= 0.3 is 0 Å². The van der Waals surface area contributed by atoms with Gasteiger partial charge in [0.2, 0.25) is 6.29 Å². The fourth-order valence-electron chi connectivity index (χ4n) is 1.82. The van der Waals surface area contributed by atoms with Gasteiger partial charge in [-0.25, -0.2) is 0 Å². The van der Waals surface area contributed by atoms with Crippen LogP contribution in [0, 0.1) is 5.92 Å². The molecule has 0 unspecified atom stereocenters. The molecule has 3 nitrogen and oxygen atoms in total. The van der Waals surface area contributed by atoms with Gasteiger partial charge in [0.05, 0.1) is 6.26 Å². The molecule has 0 atom stereocenters. The Balaban J connectivity index is 2.54. The lowest BCUT2D eigenvalue weighted by atomic mass is 9.89. The predicted molar refractivity (Wildman–Crippen MR) is 54.2 cm³/mol. The van der Waals surface area contributed by atoms with Gasteiger partial charge in [-0.2, -0.15) is 0 Å². The zero-order chi connectivity index (χ0) is 10.4. The van der Waals surface area contributed by atoms with Crippen LogP contribution in [0.1, 0.15) is 32.1 Å². The standard InChI is InChI=1S/C11H18O3/c1-2-14-10(11(12)13)8-9-6-4-3-5-7-9/h2,8-9,11-13H,1,3-7H2/b10-8-. The normalized spacial score (nSPS) is 19.8.